The SMILES string of the molecule is CN(C)c1cc(CCc2ccccn2)c(O)c2c1C[C@H]1C[C@H]3[C@@H](N(C)C)C(=O)C(C(N)=O)=C(O)[C@@]3(O)C(=O)C1=C2O. The van der Waals surface area contributed by atoms with Crippen LogP contribution in [0.3, 0.4) is 0 Å². The fourth-order valence-electron chi connectivity index (χ4n) is 6.74. The zero-order valence-corrected chi connectivity index (χ0v) is 23.4. The van der Waals surface area contributed by atoms with Gasteiger partial charge in [0.05, 0.1) is 11.6 Å². The van der Waals surface area contributed by atoms with Crippen molar-refractivity contribution in [2.75, 3.05) is 33.1 Å². The van der Waals surface area contributed by atoms with Gasteiger partial charge in [-0.25, -0.2) is 0 Å². The highest BCUT2D eigenvalue weighted by Crippen LogP contribution is 2.54. The fourth-order valence-corrected chi connectivity index (χ4v) is 6.74. The van der Waals surface area contributed by atoms with Crippen molar-refractivity contribution in [3.63, 3.8) is 0 Å². The summed E-state index contributed by atoms with van der Waals surface area (Å²) in [6.45, 7) is 0. The van der Waals surface area contributed by atoms with Crippen molar-refractivity contribution in [1.82, 2.24) is 9.88 Å². The number of amides is 1. The molecule has 2 aromatic rings. The van der Waals surface area contributed by atoms with E-state index in [9.17, 15) is 34.8 Å². The van der Waals surface area contributed by atoms with Crippen LogP contribution in [-0.4, -0.2) is 87.6 Å². The molecule has 0 radical (unpaired) electrons. The second-order valence-electron chi connectivity index (χ2n) is 11.4. The summed E-state index contributed by atoms with van der Waals surface area (Å²) in [7, 11) is 6.82. The number of ketones is 2. The molecule has 11 nitrogen and oxygen atoms in total. The number of anilines is 1. The molecule has 0 bridgehead atoms. The van der Waals surface area contributed by atoms with Crippen LogP contribution in [0.4, 0.5) is 5.69 Å². The fraction of sp³-hybridized carbons (Fsp3) is 0.400. The van der Waals surface area contributed by atoms with Gasteiger partial charge in [0.25, 0.3) is 5.91 Å². The molecule has 0 aliphatic heterocycles. The lowest BCUT2D eigenvalue weighted by Crippen LogP contribution is -2.65. The summed E-state index contributed by atoms with van der Waals surface area (Å²) in [6.07, 6.45) is 2.89. The lowest BCUT2D eigenvalue weighted by molar-refractivity contribution is -0.153. The number of rotatable bonds is 6. The van der Waals surface area contributed by atoms with Crippen LogP contribution in [0.5, 0.6) is 5.75 Å². The number of nitrogens with two attached hydrogens (primary N) is 1. The maximum Gasteiger partial charge on any atom is 0.255 e. The van der Waals surface area contributed by atoms with Gasteiger partial charge in [0, 0.05) is 43.2 Å². The number of aromatic nitrogens is 1. The number of nitrogens with zero attached hydrogens (tertiary/aromatic N) is 3. The number of aromatic hydroxyl groups is 1. The van der Waals surface area contributed by atoms with Crippen molar-refractivity contribution in [2.45, 2.75) is 37.3 Å². The summed E-state index contributed by atoms with van der Waals surface area (Å²) < 4.78 is 0. The molecule has 1 fully saturated rings. The predicted molar refractivity (Wildman–Crippen MR) is 150 cm³/mol. The monoisotopic (exact) mass is 562 g/mol. The second-order valence-corrected chi connectivity index (χ2v) is 11.4. The van der Waals surface area contributed by atoms with Gasteiger partial charge in [0.2, 0.25) is 5.78 Å². The van der Waals surface area contributed by atoms with Crippen LogP contribution in [0.25, 0.3) is 5.76 Å². The highest BCUT2D eigenvalue weighted by Gasteiger charge is 2.64. The molecule has 1 heterocycles. The van der Waals surface area contributed by atoms with Crippen molar-refractivity contribution < 1.29 is 34.8 Å². The topological polar surface area (TPSA) is 178 Å². The lowest BCUT2D eigenvalue weighted by Gasteiger charge is -2.50. The Morgan fingerprint density at radius 2 is 1.83 bits per heavy atom. The van der Waals surface area contributed by atoms with Crippen LogP contribution in [-0.2, 0) is 33.6 Å². The number of phenols is 1. The van der Waals surface area contributed by atoms with Crippen molar-refractivity contribution in [2.24, 2.45) is 17.6 Å². The second kappa shape index (κ2) is 10.0. The molecule has 3 aliphatic carbocycles. The summed E-state index contributed by atoms with van der Waals surface area (Å²) in [5.74, 6) is -6.60. The van der Waals surface area contributed by atoms with E-state index in [0.29, 0.717) is 24.0 Å². The molecule has 41 heavy (non-hydrogen) atoms. The summed E-state index contributed by atoms with van der Waals surface area (Å²) in [6, 6.07) is 6.30. The molecule has 0 saturated heterocycles. The van der Waals surface area contributed by atoms with E-state index in [1.54, 1.807) is 20.3 Å². The Morgan fingerprint density at radius 3 is 2.41 bits per heavy atom. The summed E-state index contributed by atoms with van der Waals surface area (Å²) in [4.78, 5) is 47.2. The third-order valence-corrected chi connectivity index (χ3v) is 8.63. The van der Waals surface area contributed by atoms with Crippen LogP contribution in [0.2, 0.25) is 0 Å². The van der Waals surface area contributed by atoms with Crippen molar-refractivity contribution >= 4 is 28.9 Å². The summed E-state index contributed by atoms with van der Waals surface area (Å²) in [5, 5.41) is 45.8. The van der Waals surface area contributed by atoms with E-state index < -0.39 is 58.0 Å². The first-order valence-corrected chi connectivity index (χ1v) is 13.4. The average molecular weight is 563 g/mol. The van der Waals surface area contributed by atoms with Gasteiger partial charge in [0.1, 0.15) is 22.8 Å². The lowest BCUT2D eigenvalue weighted by atomic mass is 9.57. The first-order chi connectivity index (χ1) is 19.3. The Hall–Kier alpha value is -4.22. The van der Waals surface area contributed by atoms with Gasteiger partial charge in [0.15, 0.2) is 11.4 Å². The Bertz CT molecular complexity index is 1530. The molecule has 1 saturated carbocycles. The van der Waals surface area contributed by atoms with E-state index in [0.717, 1.165) is 11.4 Å². The minimum atomic E-state index is -2.67. The number of carbonyl (C=O) groups is 3. The van der Waals surface area contributed by atoms with Crippen molar-refractivity contribution in [3.8, 4) is 5.75 Å². The molecule has 1 aromatic heterocycles. The zero-order valence-electron chi connectivity index (χ0n) is 23.4. The Labute approximate surface area is 237 Å². The van der Waals surface area contributed by atoms with Gasteiger partial charge in [-0.3, -0.25) is 24.3 Å². The molecule has 1 amide bonds. The molecule has 0 spiro atoms. The number of fused-ring (bicyclic) bond motifs is 3. The maximum absolute atomic E-state index is 14.1. The molecule has 0 unspecified atom stereocenters. The van der Waals surface area contributed by atoms with Gasteiger partial charge < -0.3 is 31.1 Å². The highest BCUT2D eigenvalue weighted by atomic mass is 16.3. The number of aryl methyl sites for hydroxylation is 2. The summed E-state index contributed by atoms with van der Waals surface area (Å²) in [5.41, 5.74) is 4.54. The molecular weight excluding hydrogens is 528 g/mol. The molecule has 216 valence electrons. The quantitative estimate of drug-likeness (QED) is 0.322. The number of aliphatic hydroxyl groups is 3. The Balaban J connectivity index is 1.68. The number of Topliss-reactive ketones (excluding diaryl/α,β-unsaturated/α-hetero) is 2. The number of hydrogen-bond acceptors (Lipinski definition) is 10. The Morgan fingerprint density at radius 1 is 1.12 bits per heavy atom. The number of hydrogen-bond donors (Lipinski definition) is 5. The van der Waals surface area contributed by atoms with Crippen LogP contribution in [0.15, 0.2) is 47.4 Å². The number of pyridine rings is 1. The Kier molecular flexibility index (Phi) is 6.91. The number of primary amides is 1. The molecule has 1 aromatic carbocycles. The molecule has 3 aliphatic rings. The largest absolute Gasteiger partial charge is 0.508 e. The van der Waals surface area contributed by atoms with Crippen LogP contribution in [0, 0.1) is 11.8 Å². The smallest absolute Gasteiger partial charge is 0.255 e. The summed E-state index contributed by atoms with van der Waals surface area (Å²) >= 11 is 0. The van der Waals surface area contributed by atoms with Crippen molar-refractivity contribution in [3.05, 3.63) is 69.8 Å². The zero-order chi connectivity index (χ0) is 30.0. The first kappa shape index (κ1) is 28.3. The van der Waals surface area contributed by atoms with E-state index in [-0.39, 0.29) is 29.7 Å². The molecule has 11 heteroatoms. The normalized spacial score (nSPS) is 25.7. The van der Waals surface area contributed by atoms with E-state index in [1.807, 2.05) is 43.3 Å². The van der Waals surface area contributed by atoms with Gasteiger partial charge >= 0.3 is 0 Å². The molecule has 5 rings (SSSR count). The van der Waals surface area contributed by atoms with Gasteiger partial charge in [-0.1, -0.05) is 6.07 Å². The number of carbonyl (C=O) groups excluding carboxylic acids is 3. The van der Waals surface area contributed by atoms with Gasteiger partial charge in [-0.2, -0.15) is 0 Å². The van der Waals surface area contributed by atoms with Gasteiger partial charge in [-0.15, -0.1) is 0 Å². The minimum absolute atomic E-state index is 0.0425. The number of phenolic OH excluding ortho intramolecular Hbond substituents is 1. The molecular formula is C30H34N4O7. The maximum atomic E-state index is 14.1. The minimum Gasteiger partial charge on any atom is -0.508 e. The first-order valence-electron chi connectivity index (χ1n) is 13.4. The van der Waals surface area contributed by atoms with Crippen LogP contribution in [0.1, 0.15) is 28.8 Å². The third-order valence-electron chi connectivity index (χ3n) is 8.63. The number of likely N-dealkylation sites (N-methyl/N-ethyl adjacent to an activating group) is 1. The predicted octanol–water partition coefficient (Wildman–Crippen LogP) is 1.21. The van der Waals surface area contributed by atoms with E-state index in [2.05, 4.69) is 4.98 Å². The molecule has 6 N–H and O–H groups in total. The third kappa shape index (κ3) is 4.18. The highest BCUT2D eigenvalue weighted by molar-refractivity contribution is 6.24. The molecule has 4 atom stereocenters. The van der Waals surface area contributed by atoms with E-state index in [1.165, 1.54) is 4.90 Å². The average Bonchev–Trinajstić information content (AvgIpc) is 2.90. The number of benzene rings is 1. The number of aliphatic hydroxyl groups excluding tert-OH is 2. The standard InChI is InChI=1S/C30H34N4O7/c1-33(2)19-13-14(8-9-16-7-5-6-10-32-16)24(35)21-17(19)11-15-12-18-23(34(3)4)26(37)22(29(31)40)28(39)30(18,41)27(38)20(15)25(21)36/h5-7,10,13,15,18,23,35-36,39,41H,8-9,11-12H2,1-4H3,(H2,31,40)/t15-,18-,23+,30-/m0/s1. The van der Waals surface area contributed by atoms with Crippen molar-refractivity contribution in [1.29, 1.82) is 0 Å². The van der Waals surface area contributed by atoms with Crippen LogP contribution < -0.4 is 10.6 Å². The van der Waals surface area contributed by atoms with E-state index >= 15 is 0 Å². The van der Waals surface area contributed by atoms with Crippen LogP contribution >= 0.6 is 0 Å². The van der Waals surface area contributed by atoms with Gasteiger partial charge in [-0.05, 0) is 75.0 Å². The van der Waals surface area contributed by atoms with E-state index in [4.69, 9.17) is 5.73 Å².